The molecule has 3 aromatic rings. The maximum absolute atomic E-state index is 6.11. The first-order chi connectivity index (χ1) is 10.7. The Morgan fingerprint density at radius 2 is 1.86 bits per heavy atom. The summed E-state index contributed by atoms with van der Waals surface area (Å²) in [5.74, 6) is 0. The maximum atomic E-state index is 6.11. The van der Waals surface area contributed by atoms with E-state index in [0.29, 0.717) is 0 Å². The van der Waals surface area contributed by atoms with Gasteiger partial charge in [0.25, 0.3) is 0 Å². The maximum Gasteiger partial charge on any atom is 0.186 e. The van der Waals surface area contributed by atoms with Crippen molar-refractivity contribution in [2.45, 2.75) is 12.5 Å². The zero-order chi connectivity index (χ0) is 15.0. The highest BCUT2D eigenvalue weighted by Gasteiger charge is 2.34. The third kappa shape index (κ3) is 2.38. The summed E-state index contributed by atoms with van der Waals surface area (Å²) < 4.78 is 7.35. The molecular weight excluding hydrogens is 292 g/mol. The standard InChI is InChI=1S/C18H18N2OS/c1-18(14-7-3-2-4-8-14)13-20(11-12-21-18)17-19-15-9-5-6-10-16(15)22-17/h2-10H,11-13H2,1H3. The lowest BCUT2D eigenvalue weighted by Crippen LogP contribution is -2.48. The Bertz CT molecular complexity index is 753. The van der Waals surface area contributed by atoms with E-state index in [9.17, 15) is 0 Å². The number of hydrogen-bond acceptors (Lipinski definition) is 4. The molecule has 1 aliphatic rings. The van der Waals surface area contributed by atoms with Crippen LogP contribution in [0.15, 0.2) is 54.6 Å². The quantitative estimate of drug-likeness (QED) is 0.714. The van der Waals surface area contributed by atoms with Gasteiger partial charge in [-0.2, -0.15) is 0 Å². The molecule has 1 atom stereocenters. The Balaban J connectivity index is 1.66. The van der Waals surface area contributed by atoms with Gasteiger partial charge in [-0.05, 0) is 24.6 Å². The van der Waals surface area contributed by atoms with Crippen molar-refractivity contribution >= 4 is 26.7 Å². The van der Waals surface area contributed by atoms with Gasteiger partial charge in [0.2, 0.25) is 0 Å². The summed E-state index contributed by atoms with van der Waals surface area (Å²) in [5.41, 5.74) is 2.02. The fraction of sp³-hybridized carbons (Fsp3) is 0.278. The molecule has 1 unspecified atom stereocenters. The van der Waals surface area contributed by atoms with Crippen LogP contribution in [-0.2, 0) is 10.3 Å². The van der Waals surface area contributed by atoms with Gasteiger partial charge in [0.05, 0.1) is 23.4 Å². The molecule has 1 fully saturated rings. The van der Waals surface area contributed by atoms with Crippen LogP contribution in [0.5, 0.6) is 0 Å². The van der Waals surface area contributed by atoms with Crippen molar-refractivity contribution in [2.75, 3.05) is 24.6 Å². The molecule has 0 amide bonds. The van der Waals surface area contributed by atoms with Crippen molar-refractivity contribution in [3.63, 3.8) is 0 Å². The van der Waals surface area contributed by atoms with Crippen molar-refractivity contribution in [1.82, 2.24) is 4.98 Å². The Hall–Kier alpha value is -1.91. The van der Waals surface area contributed by atoms with E-state index in [0.717, 1.165) is 30.3 Å². The monoisotopic (exact) mass is 310 g/mol. The Labute approximate surface area is 134 Å². The first kappa shape index (κ1) is 13.7. The second kappa shape index (κ2) is 5.38. The second-order valence-corrected chi connectivity index (χ2v) is 6.84. The first-order valence-electron chi connectivity index (χ1n) is 7.55. The minimum atomic E-state index is -0.280. The van der Waals surface area contributed by atoms with Gasteiger partial charge in [-0.3, -0.25) is 0 Å². The predicted octanol–water partition coefficient (Wildman–Crippen LogP) is 4.05. The molecule has 0 N–H and O–H groups in total. The van der Waals surface area contributed by atoms with Crippen LogP contribution in [0, 0.1) is 0 Å². The van der Waals surface area contributed by atoms with Crippen LogP contribution in [0.25, 0.3) is 10.2 Å². The Morgan fingerprint density at radius 1 is 1.09 bits per heavy atom. The SMILES string of the molecule is CC1(c2ccccc2)CN(c2nc3ccccc3s2)CCO1. The highest BCUT2D eigenvalue weighted by Crippen LogP contribution is 2.35. The van der Waals surface area contributed by atoms with Gasteiger partial charge < -0.3 is 9.64 Å². The molecule has 4 heteroatoms. The van der Waals surface area contributed by atoms with E-state index in [1.807, 2.05) is 12.1 Å². The summed E-state index contributed by atoms with van der Waals surface area (Å²) in [7, 11) is 0. The third-order valence-corrected chi connectivity index (χ3v) is 5.31. The fourth-order valence-corrected chi connectivity index (χ4v) is 3.98. The minimum Gasteiger partial charge on any atom is -0.367 e. The predicted molar refractivity (Wildman–Crippen MR) is 91.6 cm³/mol. The van der Waals surface area contributed by atoms with E-state index >= 15 is 0 Å². The lowest BCUT2D eigenvalue weighted by molar-refractivity contribution is -0.0465. The van der Waals surface area contributed by atoms with Crippen molar-refractivity contribution in [3.8, 4) is 0 Å². The Kier molecular flexibility index (Phi) is 3.36. The molecule has 4 rings (SSSR count). The molecule has 0 aliphatic carbocycles. The number of morpholine rings is 1. The topological polar surface area (TPSA) is 25.4 Å². The van der Waals surface area contributed by atoms with Gasteiger partial charge in [-0.15, -0.1) is 0 Å². The number of benzene rings is 2. The first-order valence-corrected chi connectivity index (χ1v) is 8.36. The molecule has 1 aromatic heterocycles. The van der Waals surface area contributed by atoms with Gasteiger partial charge in [-0.1, -0.05) is 53.8 Å². The fourth-order valence-electron chi connectivity index (χ4n) is 2.99. The lowest BCUT2D eigenvalue weighted by atomic mass is 9.94. The van der Waals surface area contributed by atoms with Gasteiger partial charge in [0.1, 0.15) is 5.60 Å². The molecule has 1 saturated heterocycles. The van der Waals surface area contributed by atoms with Crippen LogP contribution in [0.3, 0.4) is 0 Å². The molecule has 0 spiro atoms. The van der Waals surface area contributed by atoms with Crippen molar-refractivity contribution in [3.05, 3.63) is 60.2 Å². The van der Waals surface area contributed by atoms with Gasteiger partial charge in [-0.25, -0.2) is 4.98 Å². The molecule has 112 valence electrons. The highest BCUT2D eigenvalue weighted by molar-refractivity contribution is 7.22. The summed E-state index contributed by atoms with van der Waals surface area (Å²) in [4.78, 5) is 7.13. The van der Waals surface area contributed by atoms with E-state index in [-0.39, 0.29) is 5.60 Å². The zero-order valence-electron chi connectivity index (χ0n) is 12.5. The van der Waals surface area contributed by atoms with E-state index in [1.54, 1.807) is 11.3 Å². The van der Waals surface area contributed by atoms with Crippen LogP contribution >= 0.6 is 11.3 Å². The largest absolute Gasteiger partial charge is 0.367 e. The summed E-state index contributed by atoms with van der Waals surface area (Å²) in [6.07, 6.45) is 0. The van der Waals surface area contributed by atoms with Crippen LogP contribution in [0.1, 0.15) is 12.5 Å². The minimum absolute atomic E-state index is 0.280. The number of fused-ring (bicyclic) bond motifs is 1. The highest BCUT2D eigenvalue weighted by atomic mass is 32.1. The second-order valence-electron chi connectivity index (χ2n) is 5.83. The number of hydrogen-bond donors (Lipinski definition) is 0. The van der Waals surface area contributed by atoms with Crippen molar-refractivity contribution in [2.24, 2.45) is 0 Å². The number of thiazole rings is 1. The molecule has 22 heavy (non-hydrogen) atoms. The van der Waals surface area contributed by atoms with Gasteiger partial charge in [0.15, 0.2) is 5.13 Å². The third-order valence-electron chi connectivity index (χ3n) is 4.21. The number of aromatic nitrogens is 1. The summed E-state index contributed by atoms with van der Waals surface area (Å²) in [5, 5.41) is 1.09. The Morgan fingerprint density at radius 3 is 2.68 bits per heavy atom. The number of anilines is 1. The normalized spacial score (nSPS) is 22.1. The van der Waals surface area contributed by atoms with Crippen LogP contribution < -0.4 is 4.90 Å². The molecular formula is C18H18N2OS. The van der Waals surface area contributed by atoms with E-state index in [2.05, 4.69) is 54.3 Å². The number of nitrogens with zero attached hydrogens (tertiary/aromatic N) is 2. The smallest absolute Gasteiger partial charge is 0.186 e. The molecule has 0 radical (unpaired) electrons. The molecule has 2 aromatic carbocycles. The number of rotatable bonds is 2. The average molecular weight is 310 g/mol. The number of ether oxygens (including phenoxy) is 1. The van der Waals surface area contributed by atoms with E-state index in [1.165, 1.54) is 10.3 Å². The molecule has 0 saturated carbocycles. The van der Waals surface area contributed by atoms with E-state index < -0.39 is 0 Å². The van der Waals surface area contributed by atoms with Crippen molar-refractivity contribution < 1.29 is 4.74 Å². The summed E-state index contributed by atoms with van der Waals surface area (Å²) in [6.45, 7) is 4.61. The van der Waals surface area contributed by atoms with Crippen LogP contribution in [0.4, 0.5) is 5.13 Å². The zero-order valence-corrected chi connectivity index (χ0v) is 13.3. The van der Waals surface area contributed by atoms with Crippen molar-refractivity contribution in [1.29, 1.82) is 0 Å². The molecule has 2 heterocycles. The molecule has 1 aliphatic heterocycles. The molecule has 0 bridgehead atoms. The van der Waals surface area contributed by atoms with Gasteiger partial charge in [0, 0.05) is 6.54 Å². The molecule has 3 nitrogen and oxygen atoms in total. The van der Waals surface area contributed by atoms with E-state index in [4.69, 9.17) is 9.72 Å². The number of para-hydroxylation sites is 1. The lowest BCUT2D eigenvalue weighted by Gasteiger charge is -2.40. The van der Waals surface area contributed by atoms with Crippen LogP contribution in [0.2, 0.25) is 0 Å². The summed E-state index contributed by atoms with van der Waals surface area (Å²) >= 11 is 1.76. The summed E-state index contributed by atoms with van der Waals surface area (Å²) in [6, 6.07) is 18.8. The van der Waals surface area contributed by atoms with Crippen LogP contribution in [-0.4, -0.2) is 24.7 Å². The van der Waals surface area contributed by atoms with Gasteiger partial charge >= 0.3 is 0 Å². The average Bonchev–Trinajstić information content (AvgIpc) is 3.00.